The molecule has 3 amide bonds. The number of benzene rings is 1. The molecule has 3 rings (SSSR count). The summed E-state index contributed by atoms with van der Waals surface area (Å²) in [6, 6.07) is 3.93. The lowest BCUT2D eigenvalue weighted by Gasteiger charge is -2.27. The molecule has 0 saturated heterocycles. The summed E-state index contributed by atoms with van der Waals surface area (Å²) in [7, 11) is 0. The van der Waals surface area contributed by atoms with Crippen molar-refractivity contribution in [3.05, 3.63) is 53.2 Å². The van der Waals surface area contributed by atoms with E-state index >= 15 is 0 Å². The highest BCUT2D eigenvalue weighted by Crippen LogP contribution is 2.24. The molecule has 2 aromatic rings. The number of amides is 3. The molecule has 1 fully saturated rings. The number of carbonyl (C=O) groups excluding carboxylic acids is 5. The van der Waals surface area contributed by atoms with Gasteiger partial charge in [0.2, 0.25) is 11.8 Å². The van der Waals surface area contributed by atoms with Crippen LogP contribution >= 0.6 is 0 Å². The second-order valence-corrected chi connectivity index (χ2v) is 10.8. The molecule has 1 heterocycles. The highest BCUT2D eigenvalue weighted by Gasteiger charge is 2.31. The minimum absolute atomic E-state index is 0.00824. The van der Waals surface area contributed by atoms with Crippen molar-refractivity contribution in [3.8, 4) is 0 Å². The standard InChI is InChI=1S/C29H37FN4O6/c1-17(2)12-23(27(37)31-22(16-35)15-20-6-4-5-7-26(20)36)32-28(38)24(14-19-8-10-21(30)11-9-19)33-29(39)25-13-18(3)40-34-25/h8-11,13,16-17,20,22-24H,4-7,12,14-15H2,1-3H3,(H,31,37)(H,32,38)(H,33,39)/t20-,22?,23-,24-/m0/s1. The SMILES string of the molecule is Cc1cc(C(=O)N[C@@H](Cc2ccc(F)cc2)C(=O)N[C@@H](CC(C)C)C(=O)NC(C=O)C[C@@H]2CCCCC2=O)no1. The first kappa shape index (κ1) is 30.6. The van der Waals surface area contributed by atoms with Gasteiger partial charge in [0.15, 0.2) is 5.69 Å². The fourth-order valence-corrected chi connectivity index (χ4v) is 4.79. The molecule has 0 bridgehead atoms. The zero-order valence-corrected chi connectivity index (χ0v) is 23.1. The molecule has 1 unspecified atom stereocenters. The Balaban J connectivity index is 1.74. The van der Waals surface area contributed by atoms with Crippen LogP contribution in [-0.2, 0) is 25.6 Å². The smallest absolute Gasteiger partial charge is 0.274 e. The number of rotatable bonds is 13. The fourth-order valence-electron chi connectivity index (χ4n) is 4.79. The predicted molar refractivity (Wildman–Crippen MR) is 144 cm³/mol. The van der Waals surface area contributed by atoms with Crippen LogP contribution in [0.3, 0.4) is 0 Å². The molecule has 10 nitrogen and oxygen atoms in total. The van der Waals surface area contributed by atoms with Crippen LogP contribution in [0.25, 0.3) is 0 Å². The second kappa shape index (κ2) is 14.5. The molecular formula is C29H37FN4O6. The van der Waals surface area contributed by atoms with Gasteiger partial charge in [-0.2, -0.15) is 0 Å². The first-order chi connectivity index (χ1) is 19.0. The van der Waals surface area contributed by atoms with Gasteiger partial charge in [-0.15, -0.1) is 0 Å². The first-order valence-electron chi connectivity index (χ1n) is 13.6. The number of Topliss-reactive ketones (excluding diaryl/α,β-unsaturated/α-hetero) is 1. The van der Waals surface area contributed by atoms with Crippen LogP contribution in [-0.4, -0.2) is 53.1 Å². The topological polar surface area (TPSA) is 147 Å². The molecule has 1 aromatic carbocycles. The zero-order valence-electron chi connectivity index (χ0n) is 23.1. The lowest BCUT2D eigenvalue weighted by molar-refractivity contribution is -0.131. The molecule has 1 aliphatic carbocycles. The van der Waals surface area contributed by atoms with Crippen molar-refractivity contribution in [1.29, 1.82) is 0 Å². The molecule has 40 heavy (non-hydrogen) atoms. The highest BCUT2D eigenvalue weighted by molar-refractivity contribution is 5.97. The maximum atomic E-state index is 13.5. The Morgan fingerprint density at radius 2 is 1.77 bits per heavy atom. The van der Waals surface area contributed by atoms with E-state index in [1.807, 2.05) is 13.8 Å². The Morgan fingerprint density at radius 3 is 2.38 bits per heavy atom. The molecule has 3 N–H and O–H groups in total. The third-order valence-electron chi connectivity index (χ3n) is 6.89. The summed E-state index contributed by atoms with van der Waals surface area (Å²) in [5.41, 5.74) is 0.568. The molecule has 4 atom stereocenters. The van der Waals surface area contributed by atoms with Gasteiger partial charge in [-0.05, 0) is 56.2 Å². The largest absolute Gasteiger partial charge is 0.361 e. The van der Waals surface area contributed by atoms with Gasteiger partial charge in [-0.3, -0.25) is 19.2 Å². The van der Waals surface area contributed by atoms with Crippen LogP contribution < -0.4 is 16.0 Å². The lowest BCUT2D eigenvalue weighted by atomic mass is 9.84. The Hall–Kier alpha value is -3.89. The monoisotopic (exact) mass is 556 g/mol. The summed E-state index contributed by atoms with van der Waals surface area (Å²) in [5, 5.41) is 11.7. The number of hydrogen-bond donors (Lipinski definition) is 3. The number of aryl methyl sites for hydroxylation is 1. The molecule has 1 aromatic heterocycles. The molecule has 216 valence electrons. The molecule has 0 radical (unpaired) electrons. The predicted octanol–water partition coefficient (Wildman–Crippen LogP) is 2.83. The van der Waals surface area contributed by atoms with Gasteiger partial charge in [0.05, 0.1) is 6.04 Å². The van der Waals surface area contributed by atoms with Crippen LogP contribution in [0.5, 0.6) is 0 Å². The molecule has 11 heteroatoms. The summed E-state index contributed by atoms with van der Waals surface area (Å²) in [6.45, 7) is 5.39. The van der Waals surface area contributed by atoms with Crippen molar-refractivity contribution in [2.45, 2.75) is 83.8 Å². The van der Waals surface area contributed by atoms with E-state index < -0.39 is 41.7 Å². The number of nitrogens with one attached hydrogen (secondary N) is 3. The van der Waals surface area contributed by atoms with Crippen LogP contribution in [0.1, 0.15) is 74.2 Å². The van der Waals surface area contributed by atoms with E-state index in [9.17, 15) is 28.4 Å². The number of halogens is 1. The summed E-state index contributed by atoms with van der Waals surface area (Å²) in [6.07, 6.45) is 4.02. The summed E-state index contributed by atoms with van der Waals surface area (Å²) in [5.74, 6) is -2.04. The van der Waals surface area contributed by atoms with Crippen molar-refractivity contribution in [3.63, 3.8) is 0 Å². The van der Waals surface area contributed by atoms with Gasteiger partial charge in [0.1, 0.15) is 35.7 Å². The number of nitrogens with zero attached hydrogens (tertiary/aromatic N) is 1. The maximum Gasteiger partial charge on any atom is 0.274 e. The minimum atomic E-state index is -1.13. The van der Waals surface area contributed by atoms with Gasteiger partial charge in [0, 0.05) is 24.8 Å². The van der Waals surface area contributed by atoms with Gasteiger partial charge in [0.25, 0.3) is 5.91 Å². The summed E-state index contributed by atoms with van der Waals surface area (Å²) >= 11 is 0. The van der Waals surface area contributed by atoms with E-state index in [1.54, 1.807) is 6.92 Å². The van der Waals surface area contributed by atoms with Crippen LogP contribution in [0.4, 0.5) is 4.39 Å². The minimum Gasteiger partial charge on any atom is -0.361 e. The third-order valence-corrected chi connectivity index (χ3v) is 6.89. The molecule has 0 aliphatic heterocycles. The Labute approximate surface area is 232 Å². The van der Waals surface area contributed by atoms with Crippen molar-refractivity contribution >= 4 is 29.8 Å². The Bertz CT molecular complexity index is 1200. The van der Waals surface area contributed by atoms with E-state index in [1.165, 1.54) is 30.3 Å². The number of ketones is 1. The number of aromatic nitrogens is 1. The average molecular weight is 557 g/mol. The number of aldehydes is 1. The summed E-state index contributed by atoms with van der Waals surface area (Å²) < 4.78 is 18.4. The van der Waals surface area contributed by atoms with Crippen molar-refractivity contribution in [2.24, 2.45) is 11.8 Å². The molecular weight excluding hydrogens is 519 g/mol. The first-order valence-corrected chi connectivity index (χ1v) is 13.6. The van der Waals surface area contributed by atoms with E-state index in [0.29, 0.717) is 30.5 Å². The summed E-state index contributed by atoms with van der Waals surface area (Å²) in [4.78, 5) is 63.5. The van der Waals surface area contributed by atoms with Gasteiger partial charge < -0.3 is 25.3 Å². The number of hydrogen-bond acceptors (Lipinski definition) is 7. The van der Waals surface area contributed by atoms with Gasteiger partial charge in [-0.25, -0.2) is 4.39 Å². The van der Waals surface area contributed by atoms with E-state index in [4.69, 9.17) is 4.52 Å². The van der Waals surface area contributed by atoms with Gasteiger partial charge in [-0.1, -0.05) is 37.6 Å². The lowest BCUT2D eigenvalue weighted by Crippen LogP contribution is -2.56. The third kappa shape index (κ3) is 9.10. The van der Waals surface area contributed by atoms with E-state index in [0.717, 1.165) is 12.8 Å². The zero-order chi connectivity index (χ0) is 29.2. The van der Waals surface area contributed by atoms with E-state index in [-0.39, 0.29) is 42.6 Å². The second-order valence-electron chi connectivity index (χ2n) is 10.8. The molecule has 0 spiro atoms. The van der Waals surface area contributed by atoms with Crippen LogP contribution in [0.2, 0.25) is 0 Å². The molecule has 1 saturated carbocycles. The molecule has 1 aliphatic rings. The normalized spacial score (nSPS) is 17.5. The van der Waals surface area contributed by atoms with E-state index in [2.05, 4.69) is 21.1 Å². The fraction of sp³-hybridized carbons (Fsp3) is 0.517. The van der Waals surface area contributed by atoms with Crippen LogP contribution in [0, 0.1) is 24.6 Å². The number of carbonyl (C=O) groups is 5. The average Bonchev–Trinajstić information content (AvgIpc) is 3.36. The van der Waals surface area contributed by atoms with Crippen molar-refractivity contribution in [1.82, 2.24) is 21.1 Å². The maximum absolute atomic E-state index is 13.5. The van der Waals surface area contributed by atoms with Crippen molar-refractivity contribution < 1.29 is 32.9 Å². The quantitative estimate of drug-likeness (QED) is 0.321. The van der Waals surface area contributed by atoms with Crippen molar-refractivity contribution in [2.75, 3.05) is 0 Å². The highest BCUT2D eigenvalue weighted by atomic mass is 19.1. The Kier molecular flexibility index (Phi) is 11.1. The van der Waals surface area contributed by atoms with Gasteiger partial charge >= 0.3 is 0 Å². The van der Waals surface area contributed by atoms with Crippen LogP contribution in [0.15, 0.2) is 34.9 Å². The Morgan fingerprint density at radius 1 is 1.07 bits per heavy atom.